The van der Waals surface area contributed by atoms with E-state index in [1.807, 2.05) is 0 Å². The van der Waals surface area contributed by atoms with Crippen molar-refractivity contribution in [1.29, 1.82) is 0 Å². The van der Waals surface area contributed by atoms with Gasteiger partial charge in [-0.3, -0.25) is 4.79 Å². The maximum atomic E-state index is 11.3. The predicted octanol–water partition coefficient (Wildman–Crippen LogP) is 1.23. The maximum absolute atomic E-state index is 11.3. The molecular formula is C11H15NO. The van der Waals surface area contributed by atoms with Crippen LogP contribution in [0.4, 0.5) is 0 Å². The molecule has 0 amide bonds. The Labute approximate surface area is 78.6 Å². The zero-order valence-electron chi connectivity index (χ0n) is 8.21. The molecule has 1 aliphatic heterocycles. The molecule has 2 aliphatic carbocycles. The van der Waals surface area contributed by atoms with E-state index in [1.165, 1.54) is 6.42 Å². The van der Waals surface area contributed by atoms with E-state index in [4.69, 9.17) is 0 Å². The second-order valence-electron chi connectivity index (χ2n) is 5.21. The summed E-state index contributed by atoms with van der Waals surface area (Å²) < 4.78 is 0. The Bertz CT molecular complexity index is 322. The van der Waals surface area contributed by atoms with Crippen LogP contribution >= 0.6 is 0 Å². The summed E-state index contributed by atoms with van der Waals surface area (Å²) in [5.41, 5.74) is 0.847. The standard InChI is InChI=1S/C11H15NO/c1-10-6-11(10)4-3-8(13)5-9(11)12(2)7-10/h3-4,9H,5-7H2,1-2H3/t9-,10-,11+/m0/s1. The summed E-state index contributed by atoms with van der Waals surface area (Å²) in [6.07, 6.45) is 6.02. The van der Waals surface area contributed by atoms with E-state index in [2.05, 4.69) is 24.9 Å². The third-order valence-corrected chi connectivity index (χ3v) is 4.37. The van der Waals surface area contributed by atoms with Gasteiger partial charge in [0.2, 0.25) is 0 Å². The number of hydrogen-bond acceptors (Lipinski definition) is 2. The van der Waals surface area contributed by atoms with Crippen molar-refractivity contribution in [3.8, 4) is 0 Å². The summed E-state index contributed by atoms with van der Waals surface area (Å²) in [7, 11) is 2.15. The molecule has 0 bridgehead atoms. The molecule has 0 N–H and O–H groups in total. The lowest BCUT2D eigenvalue weighted by atomic mass is 9.84. The second kappa shape index (κ2) is 1.90. The molecule has 70 valence electrons. The molecule has 1 heterocycles. The fraction of sp³-hybridized carbons (Fsp3) is 0.727. The summed E-state index contributed by atoms with van der Waals surface area (Å²) in [5.74, 6) is 0.304. The molecule has 3 aliphatic rings. The Kier molecular flexibility index (Phi) is 1.13. The van der Waals surface area contributed by atoms with Gasteiger partial charge in [0.25, 0.3) is 0 Å². The average Bonchev–Trinajstić information content (AvgIpc) is 2.55. The van der Waals surface area contributed by atoms with Crippen molar-refractivity contribution in [2.75, 3.05) is 13.6 Å². The topological polar surface area (TPSA) is 20.3 Å². The molecule has 3 atom stereocenters. The number of nitrogens with zero attached hydrogens (tertiary/aromatic N) is 1. The van der Waals surface area contributed by atoms with Crippen molar-refractivity contribution < 1.29 is 4.79 Å². The molecule has 0 unspecified atom stereocenters. The number of carbonyl (C=O) groups excluding carboxylic acids is 1. The molecule has 0 aromatic heterocycles. The van der Waals surface area contributed by atoms with Crippen LogP contribution in [0, 0.1) is 10.8 Å². The van der Waals surface area contributed by atoms with Crippen molar-refractivity contribution in [2.24, 2.45) is 10.8 Å². The molecule has 2 heteroatoms. The van der Waals surface area contributed by atoms with Crippen LogP contribution in [0.5, 0.6) is 0 Å². The number of hydrogen-bond donors (Lipinski definition) is 0. The number of piperidine rings is 1. The lowest BCUT2D eigenvalue weighted by molar-refractivity contribution is -0.116. The molecule has 1 saturated carbocycles. The van der Waals surface area contributed by atoms with Crippen LogP contribution in [0.3, 0.4) is 0 Å². The van der Waals surface area contributed by atoms with Gasteiger partial charge in [-0.05, 0) is 25.0 Å². The molecule has 2 fully saturated rings. The minimum atomic E-state index is 0.304. The highest BCUT2D eigenvalue weighted by atomic mass is 16.1. The van der Waals surface area contributed by atoms with Crippen molar-refractivity contribution >= 4 is 5.78 Å². The zero-order chi connectivity index (χ0) is 9.27. The largest absolute Gasteiger partial charge is 0.302 e. The summed E-state index contributed by atoms with van der Waals surface area (Å²) in [4.78, 5) is 13.7. The third-order valence-electron chi connectivity index (χ3n) is 4.37. The molecule has 2 nitrogen and oxygen atoms in total. The lowest BCUT2D eigenvalue weighted by Gasteiger charge is -2.29. The molecule has 0 aromatic rings. The highest BCUT2D eigenvalue weighted by Gasteiger charge is 2.72. The van der Waals surface area contributed by atoms with Gasteiger partial charge in [-0.1, -0.05) is 13.0 Å². The van der Waals surface area contributed by atoms with Crippen LogP contribution in [-0.2, 0) is 4.79 Å². The number of likely N-dealkylation sites (tertiary alicyclic amines) is 1. The highest BCUT2D eigenvalue weighted by molar-refractivity contribution is 5.92. The molecule has 1 spiro atoms. The van der Waals surface area contributed by atoms with Gasteiger partial charge in [-0.2, -0.15) is 0 Å². The Balaban J connectivity index is 2.05. The molecule has 13 heavy (non-hydrogen) atoms. The molecule has 3 rings (SSSR count). The molecule has 0 radical (unpaired) electrons. The SMILES string of the molecule is CN1C[C@]2(C)C[C@@]23C=CC(=O)C[C@H]13. The summed E-state index contributed by atoms with van der Waals surface area (Å²) >= 11 is 0. The molecule has 0 aromatic carbocycles. The van der Waals surface area contributed by atoms with Gasteiger partial charge in [0.1, 0.15) is 0 Å². The van der Waals surface area contributed by atoms with Crippen LogP contribution in [0.1, 0.15) is 19.8 Å². The van der Waals surface area contributed by atoms with E-state index in [1.54, 1.807) is 6.08 Å². The Morgan fingerprint density at radius 1 is 1.62 bits per heavy atom. The lowest BCUT2D eigenvalue weighted by Crippen LogP contribution is -2.37. The van der Waals surface area contributed by atoms with Crippen molar-refractivity contribution in [3.05, 3.63) is 12.2 Å². The summed E-state index contributed by atoms with van der Waals surface area (Å²) in [6.45, 7) is 3.51. The van der Waals surface area contributed by atoms with Crippen molar-refractivity contribution in [3.63, 3.8) is 0 Å². The Hall–Kier alpha value is -0.630. The van der Waals surface area contributed by atoms with Crippen LogP contribution in [0.25, 0.3) is 0 Å². The third kappa shape index (κ3) is 0.715. The van der Waals surface area contributed by atoms with Crippen LogP contribution in [-0.4, -0.2) is 30.3 Å². The first-order chi connectivity index (χ1) is 6.07. The second-order valence-corrected chi connectivity index (χ2v) is 5.21. The monoisotopic (exact) mass is 177 g/mol. The number of rotatable bonds is 0. The van der Waals surface area contributed by atoms with Gasteiger partial charge in [0, 0.05) is 24.4 Å². The first-order valence-electron chi connectivity index (χ1n) is 5.00. The smallest absolute Gasteiger partial charge is 0.156 e. The molecule has 1 saturated heterocycles. The fourth-order valence-electron chi connectivity index (χ4n) is 3.59. The van der Waals surface area contributed by atoms with Gasteiger partial charge in [0.05, 0.1) is 0 Å². The van der Waals surface area contributed by atoms with E-state index in [0.717, 1.165) is 13.0 Å². The number of carbonyl (C=O) groups is 1. The van der Waals surface area contributed by atoms with Gasteiger partial charge in [0.15, 0.2) is 5.78 Å². The van der Waals surface area contributed by atoms with Crippen molar-refractivity contribution in [2.45, 2.75) is 25.8 Å². The highest BCUT2D eigenvalue weighted by Crippen LogP contribution is 2.72. The van der Waals surface area contributed by atoms with Crippen LogP contribution < -0.4 is 0 Å². The first-order valence-corrected chi connectivity index (χ1v) is 5.00. The van der Waals surface area contributed by atoms with Gasteiger partial charge < -0.3 is 4.90 Å². The van der Waals surface area contributed by atoms with E-state index in [-0.39, 0.29) is 0 Å². The Morgan fingerprint density at radius 3 is 3.15 bits per heavy atom. The van der Waals surface area contributed by atoms with Crippen LogP contribution in [0.15, 0.2) is 12.2 Å². The van der Waals surface area contributed by atoms with Gasteiger partial charge >= 0.3 is 0 Å². The quantitative estimate of drug-likeness (QED) is 0.554. The number of ketones is 1. The summed E-state index contributed by atoms with van der Waals surface area (Å²) in [6, 6.07) is 0.495. The van der Waals surface area contributed by atoms with E-state index >= 15 is 0 Å². The minimum absolute atomic E-state index is 0.304. The summed E-state index contributed by atoms with van der Waals surface area (Å²) in [5, 5.41) is 0. The van der Waals surface area contributed by atoms with E-state index in [9.17, 15) is 4.79 Å². The Morgan fingerprint density at radius 2 is 2.38 bits per heavy atom. The molecular weight excluding hydrogens is 162 g/mol. The average molecular weight is 177 g/mol. The normalized spacial score (nSPS) is 53.4. The van der Waals surface area contributed by atoms with E-state index < -0.39 is 0 Å². The maximum Gasteiger partial charge on any atom is 0.156 e. The van der Waals surface area contributed by atoms with Gasteiger partial charge in [-0.15, -0.1) is 0 Å². The fourth-order valence-corrected chi connectivity index (χ4v) is 3.59. The van der Waals surface area contributed by atoms with Crippen molar-refractivity contribution in [1.82, 2.24) is 4.90 Å². The zero-order valence-corrected chi connectivity index (χ0v) is 8.21. The van der Waals surface area contributed by atoms with E-state index in [0.29, 0.717) is 22.7 Å². The van der Waals surface area contributed by atoms with Crippen LogP contribution in [0.2, 0.25) is 0 Å². The first kappa shape index (κ1) is 7.74. The van der Waals surface area contributed by atoms with Gasteiger partial charge in [-0.25, -0.2) is 0 Å². The minimum Gasteiger partial charge on any atom is -0.302 e. The number of allylic oxidation sites excluding steroid dienone is 1. The predicted molar refractivity (Wildman–Crippen MR) is 50.3 cm³/mol.